The normalized spacial score (nSPS) is 21.3. The van der Waals surface area contributed by atoms with Gasteiger partial charge in [0.25, 0.3) is 5.91 Å². The maximum atomic E-state index is 12.4. The largest absolute Gasteiger partial charge is 0.387 e. The smallest absolute Gasteiger partial charge is 0.253 e. The summed E-state index contributed by atoms with van der Waals surface area (Å²) in [7, 11) is 1.84. The molecule has 0 radical (unpaired) electrons. The lowest BCUT2D eigenvalue weighted by Gasteiger charge is -2.35. The summed E-state index contributed by atoms with van der Waals surface area (Å²) in [6.07, 6.45) is 1.72. The molecule has 2 rings (SSSR count). The van der Waals surface area contributed by atoms with Gasteiger partial charge in [-0.3, -0.25) is 4.79 Å². The Hall–Kier alpha value is -1.55. The van der Waals surface area contributed by atoms with E-state index < -0.39 is 0 Å². The van der Waals surface area contributed by atoms with Crippen molar-refractivity contribution in [2.45, 2.75) is 45.3 Å². The molecule has 2 N–H and O–H groups in total. The number of amides is 1. The van der Waals surface area contributed by atoms with Crippen LogP contribution in [-0.2, 0) is 4.74 Å². The molecule has 1 unspecified atom stereocenters. The molecule has 0 bridgehead atoms. The SMILES string of the molecule is CNc1cc(C)ccc1C(=O)NC1CCOC(C)(C)C1. The fraction of sp³-hybridized carbons (Fsp3) is 0.562. The lowest BCUT2D eigenvalue weighted by atomic mass is 9.93. The third-order valence-corrected chi connectivity index (χ3v) is 3.72. The zero-order chi connectivity index (χ0) is 14.8. The van der Waals surface area contributed by atoms with E-state index in [-0.39, 0.29) is 17.6 Å². The monoisotopic (exact) mass is 276 g/mol. The quantitative estimate of drug-likeness (QED) is 0.892. The van der Waals surface area contributed by atoms with Crippen molar-refractivity contribution >= 4 is 11.6 Å². The standard InChI is InChI=1S/C16H24N2O2/c1-11-5-6-13(14(9-11)17-4)15(19)18-12-7-8-20-16(2,3)10-12/h5-6,9,12,17H,7-8,10H2,1-4H3,(H,18,19). The van der Waals surface area contributed by atoms with Crippen LogP contribution in [-0.4, -0.2) is 31.2 Å². The molecule has 20 heavy (non-hydrogen) atoms. The van der Waals surface area contributed by atoms with Crippen LogP contribution in [0.5, 0.6) is 0 Å². The number of hydrogen-bond acceptors (Lipinski definition) is 3. The molecule has 1 amide bonds. The Balaban J connectivity index is 2.08. The first-order valence-corrected chi connectivity index (χ1v) is 7.14. The Labute approximate surface area is 120 Å². The van der Waals surface area contributed by atoms with E-state index >= 15 is 0 Å². The van der Waals surface area contributed by atoms with Crippen LogP contribution in [0.1, 0.15) is 42.6 Å². The Morgan fingerprint density at radius 1 is 1.40 bits per heavy atom. The summed E-state index contributed by atoms with van der Waals surface area (Å²) in [5, 5.41) is 6.21. The number of carbonyl (C=O) groups excluding carboxylic acids is 1. The first-order valence-electron chi connectivity index (χ1n) is 7.14. The molecule has 4 nitrogen and oxygen atoms in total. The van der Waals surface area contributed by atoms with Crippen LogP contribution in [0.25, 0.3) is 0 Å². The molecular weight excluding hydrogens is 252 g/mol. The van der Waals surface area contributed by atoms with E-state index in [1.807, 2.05) is 32.2 Å². The lowest BCUT2D eigenvalue weighted by molar-refractivity contribution is -0.0615. The van der Waals surface area contributed by atoms with Crippen molar-refractivity contribution in [1.82, 2.24) is 5.32 Å². The highest BCUT2D eigenvalue weighted by Gasteiger charge is 2.30. The van der Waals surface area contributed by atoms with Crippen LogP contribution in [0.4, 0.5) is 5.69 Å². The Morgan fingerprint density at radius 3 is 2.80 bits per heavy atom. The second-order valence-corrected chi connectivity index (χ2v) is 6.07. The highest BCUT2D eigenvalue weighted by Crippen LogP contribution is 2.25. The summed E-state index contributed by atoms with van der Waals surface area (Å²) in [4.78, 5) is 12.4. The van der Waals surface area contributed by atoms with Crippen molar-refractivity contribution < 1.29 is 9.53 Å². The van der Waals surface area contributed by atoms with E-state index in [4.69, 9.17) is 4.74 Å². The maximum Gasteiger partial charge on any atom is 0.253 e. The first kappa shape index (κ1) is 14.9. The van der Waals surface area contributed by atoms with Crippen LogP contribution in [0.15, 0.2) is 18.2 Å². The molecule has 0 aromatic heterocycles. The topological polar surface area (TPSA) is 50.4 Å². The number of hydrogen-bond donors (Lipinski definition) is 2. The van der Waals surface area contributed by atoms with Gasteiger partial charge in [0.2, 0.25) is 0 Å². The summed E-state index contributed by atoms with van der Waals surface area (Å²) in [5.74, 6) is -0.0166. The molecule has 1 fully saturated rings. The fourth-order valence-corrected chi connectivity index (χ4v) is 2.68. The van der Waals surface area contributed by atoms with Crippen molar-refractivity contribution in [3.05, 3.63) is 29.3 Å². The predicted octanol–water partition coefficient (Wildman–Crippen LogP) is 2.72. The minimum Gasteiger partial charge on any atom is -0.387 e. The summed E-state index contributed by atoms with van der Waals surface area (Å²) in [6.45, 7) is 6.85. The van der Waals surface area contributed by atoms with Crippen LogP contribution >= 0.6 is 0 Å². The summed E-state index contributed by atoms with van der Waals surface area (Å²) < 4.78 is 5.68. The second-order valence-electron chi connectivity index (χ2n) is 6.07. The second kappa shape index (κ2) is 5.83. The minimum atomic E-state index is -0.157. The predicted molar refractivity (Wildman–Crippen MR) is 81.2 cm³/mol. The number of nitrogens with one attached hydrogen (secondary N) is 2. The van der Waals surface area contributed by atoms with Crippen LogP contribution in [0, 0.1) is 6.92 Å². The number of rotatable bonds is 3. The van der Waals surface area contributed by atoms with Crippen LogP contribution in [0.2, 0.25) is 0 Å². The molecule has 1 heterocycles. The van der Waals surface area contributed by atoms with Crippen molar-refractivity contribution in [3.63, 3.8) is 0 Å². The molecule has 1 aromatic carbocycles. The van der Waals surface area contributed by atoms with Gasteiger partial charge in [-0.1, -0.05) is 6.07 Å². The third-order valence-electron chi connectivity index (χ3n) is 3.72. The Morgan fingerprint density at radius 2 is 2.15 bits per heavy atom. The van der Waals surface area contributed by atoms with E-state index in [1.165, 1.54) is 0 Å². The Kier molecular flexibility index (Phi) is 4.33. The van der Waals surface area contributed by atoms with Gasteiger partial charge in [-0.25, -0.2) is 0 Å². The number of benzene rings is 1. The highest BCUT2D eigenvalue weighted by molar-refractivity contribution is 5.99. The molecular formula is C16H24N2O2. The Bertz CT molecular complexity index is 497. The van der Waals surface area contributed by atoms with E-state index in [2.05, 4.69) is 24.5 Å². The van der Waals surface area contributed by atoms with Gasteiger partial charge in [-0.2, -0.15) is 0 Å². The van der Waals surface area contributed by atoms with Gasteiger partial charge in [0.1, 0.15) is 0 Å². The fourth-order valence-electron chi connectivity index (χ4n) is 2.68. The zero-order valence-corrected chi connectivity index (χ0v) is 12.7. The maximum absolute atomic E-state index is 12.4. The summed E-state index contributed by atoms with van der Waals surface area (Å²) >= 11 is 0. The van der Waals surface area contributed by atoms with E-state index in [0.29, 0.717) is 12.2 Å². The van der Waals surface area contributed by atoms with Gasteiger partial charge in [-0.15, -0.1) is 0 Å². The molecule has 1 saturated heterocycles. The molecule has 110 valence electrons. The molecule has 1 atom stereocenters. The van der Waals surface area contributed by atoms with Crippen molar-refractivity contribution in [2.24, 2.45) is 0 Å². The number of aryl methyl sites for hydroxylation is 1. The number of anilines is 1. The zero-order valence-electron chi connectivity index (χ0n) is 12.7. The molecule has 1 aliphatic rings. The molecule has 1 aromatic rings. The van der Waals surface area contributed by atoms with E-state index in [0.717, 1.165) is 24.1 Å². The molecule has 0 saturated carbocycles. The average molecular weight is 276 g/mol. The summed E-state index contributed by atoms with van der Waals surface area (Å²) in [6, 6.07) is 6.00. The van der Waals surface area contributed by atoms with E-state index in [1.54, 1.807) is 0 Å². The molecule has 4 heteroatoms. The van der Waals surface area contributed by atoms with Gasteiger partial charge in [0.15, 0.2) is 0 Å². The lowest BCUT2D eigenvalue weighted by Crippen LogP contribution is -2.45. The highest BCUT2D eigenvalue weighted by atomic mass is 16.5. The van der Waals surface area contributed by atoms with Crippen LogP contribution in [0.3, 0.4) is 0 Å². The number of ether oxygens (including phenoxy) is 1. The molecule has 0 aliphatic carbocycles. The molecule has 0 spiro atoms. The third kappa shape index (κ3) is 3.51. The van der Waals surface area contributed by atoms with Gasteiger partial charge < -0.3 is 15.4 Å². The average Bonchev–Trinajstić information content (AvgIpc) is 2.37. The summed E-state index contributed by atoms with van der Waals surface area (Å²) in [5.41, 5.74) is 2.55. The van der Waals surface area contributed by atoms with Gasteiger partial charge >= 0.3 is 0 Å². The van der Waals surface area contributed by atoms with E-state index in [9.17, 15) is 4.79 Å². The van der Waals surface area contributed by atoms with Gasteiger partial charge in [0.05, 0.1) is 11.2 Å². The van der Waals surface area contributed by atoms with Gasteiger partial charge in [-0.05, 0) is 51.3 Å². The first-order chi connectivity index (χ1) is 9.41. The van der Waals surface area contributed by atoms with Crippen molar-refractivity contribution in [3.8, 4) is 0 Å². The number of carbonyl (C=O) groups is 1. The molecule has 1 aliphatic heterocycles. The van der Waals surface area contributed by atoms with Gasteiger partial charge in [0, 0.05) is 25.4 Å². The van der Waals surface area contributed by atoms with Crippen molar-refractivity contribution in [1.29, 1.82) is 0 Å². The van der Waals surface area contributed by atoms with Crippen LogP contribution < -0.4 is 10.6 Å². The minimum absolute atomic E-state index is 0.0166. The van der Waals surface area contributed by atoms with Crippen molar-refractivity contribution in [2.75, 3.05) is 19.0 Å².